The number of ether oxygens (including phenoxy) is 2. The molecule has 0 unspecified atom stereocenters. The summed E-state index contributed by atoms with van der Waals surface area (Å²) in [7, 11) is 0. The fourth-order valence-electron chi connectivity index (χ4n) is 4.71. The van der Waals surface area contributed by atoms with Gasteiger partial charge in [-0.3, -0.25) is 14.4 Å². The summed E-state index contributed by atoms with van der Waals surface area (Å²) in [6.07, 6.45) is 19.8. The molecule has 1 saturated heterocycles. The second-order valence-corrected chi connectivity index (χ2v) is 10.1. The zero-order valence-corrected chi connectivity index (χ0v) is 22.0. The molecule has 0 spiro atoms. The summed E-state index contributed by atoms with van der Waals surface area (Å²) >= 11 is 0. The van der Waals surface area contributed by atoms with Gasteiger partial charge in [-0.2, -0.15) is 0 Å². The van der Waals surface area contributed by atoms with Gasteiger partial charge in [-0.25, -0.2) is 0 Å². The topological polar surface area (TPSA) is 95.7 Å². The zero-order valence-electron chi connectivity index (χ0n) is 22.0. The number of hydrogen-bond acceptors (Lipinski definition) is 5. The molecule has 198 valence electrons. The predicted molar refractivity (Wildman–Crippen MR) is 136 cm³/mol. The van der Waals surface area contributed by atoms with Crippen molar-refractivity contribution in [3.8, 4) is 0 Å². The van der Waals surface area contributed by atoms with Crippen LogP contribution < -0.4 is 5.73 Å². The van der Waals surface area contributed by atoms with Gasteiger partial charge in [0.25, 0.3) is 0 Å². The summed E-state index contributed by atoms with van der Waals surface area (Å²) in [5, 5.41) is 0. The minimum absolute atomic E-state index is 0.139. The summed E-state index contributed by atoms with van der Waals surface area (Å²) in [5.41, 5.74) is 5.27. The summed E-state index contributed by atoms with van der Waals surface area (Å²) in [5.74, 6) is -1.08. The Balaban J connectivity index is 2.31. The minimum atomic E-state index is -0.335. The molecule has 0 radical (unpaired) electrons. The number of unbranched alkanes of at least 4 members (excludes halogenated alkanes) is 12. The van der Waals surface area contributed by atoms with Crippen molar-refractivity contribution in [2.24, 2.45) is 17.6 Å². The molecule has 34 heavy (non-hydrogen) atoms. The van der Waals surface area contributed by atoms with Crippen LogP contribution in [0.5, 0.6) is 0 Å². The number of carbonyl (C=O) groups is 3. The van der Waals surface area contributed by atoms with Crippen molar-refractivity contribution in [1.29, 1.82) is 0 Å². The number of amides is 1. The summed E-state index contributed by atoms with van der Waals surface area (Å²) < 4.78 is 10.8. The second kappa shape index (κ2) is 19.7. The average molecular weight is 482 g/mol. The first-order valence-electron chi connectivity index (χ1n) is 14.1. The van der Waals surface area contributed by atoms with Gasteiger partial charge in [0.05, 0.1) is 11.8 Å². The quantitative estimate of drug-likeness (QED) is 0.131. The van der Waals surface area contributed by atoms with E-state index in [2.05, 4.69) is 13.8 Å². The molecule has 1 heterocycles. The van der Waals surface area contributed by atoms with Crippen LogP contribution in [-0.2, 0) is 23.9 Å². The minimum Gasteiger partial charge on any atom is -0.461 e. The molecule has 0 aromatic carbocycles. The van der Waals surface area contributed by atoms with E-state index in [4.69, 9.17) is 15.2 Å². The smallest absolute Gasteiger partial charge is 0.313 e. The van der Waals surface area contributed by atoms with Gasteiger partial charge in [0.2, 0.25) is 5.91 Å². The Hall–Kier alpha value is -1.59. The van der Waals surface area contributed by atoms with Crippen LogP contribution in [0.4, 0.5) is 0 Å². The van der Waals surface area contributed by atoms with Crippen LogP contribution in [-0.4, -0.2) is 30.6 Å². The Morgan fingerprint density at radius 3 is 1.91 bits per heavy atom. The third-order valence-electron chi connectivity index (χ3n) is 6.99. The van der Waals surface area contributed by atoms with Gasteiger partial charge in [0, 0.05) is 6.42 Å². The molecular formula is C28H51NO5. The van der Waals surface area contributed by atoms with E-state index in [9.17, 15) is 14.4 Å². The predicted octanol–water partition coefficient (Wildman–Crippen LogP) is 6.62. The van der Waals surface area contributed by atoms with Crippen LogP contribution in [0.1, 0.15) is 136 Å². The van der Waals surface area contributed by atoms with Gasteiger partial charge in [-0.1, -0.05) is 104 Å². The molecule has 2 N–H and O–H groups in total. The maximum atomic E-state index is 12.8. The third-order valence-corrected chi connectivity index (χ3v) is 6.99. The number of hydrogen-bond donors (Lipinski definition) is 1. The molecule has 0 aliphatic carbocycles. The molecular weight excluding hydrogens is 430 g/mol. The molecule has 1 aliphatic heterocycles. The summed E-state index contributed by atoms with van der Waals surface area (Å²) in [4.78, 5) is 35.7. The monoisotopic (exact) mass is 481 g/mol. The highest BCUT2D eigenvalue weighted by Gasteiger charge is 2.42. The van der Waals surface area contributed by atoms with E-state index >= 15 is 0 Å². The van der Waals surface area contributed by atoms with Gasteiger partial charge in [0.1, 0.15) is 12.7 Å². The molecule has 1 aliphatic rings. The van der Waals surface area contributed by atoms with E-state index in [0.29, 0.717) is 19.3 Å². The van der Waals surface area contributed by atoms with Gasteiger partial charge in [-0.05, 0) is 25.7 Å². The number of esters is 2. The van der Waals surface area contributed by atoms with Crippen molar-refractivity contribution in [3.05, 3.63) is 0 Å². The van der Waals surface area contributed by atoms with Crippen molar-refractivity contribution in [2.45, 2.75) is 142 Å². The van der Waals surface area contributed by atoms with E-state index in [-0.39, 0.29) is 42.4 Å². The Morgan fingerprint density at radius 1 is 0.824 bits per heavy atom. The molecule has 0 aromatic rings. The first-order chi connectivity index (χ1) is 16.5. The average Bonchev–Trinajstić information content (AvgIpc) is 2.81. The molecule has 1 fully saturated rings. The number of cyclic esters (lactones) is 1. The highest BCUT2D eigenvalue weighted by Crippen LogP contribution is 2.29. The number of primary amides is 1. The fraction of sp³-hybridized carbons (Fsp3) is 0.893. The van der Waals surface area contributed by atoms with Crippen molar-refractivity contribution in [3.63, 3.8) is 0 Å². The maximum absolute atomic E-state index is 12.8. The van der Waals surface area contributed by atoms with Crippen molar-refractivity contribution < 1.29 is 23.9 Å². The fourth-order valence-corrected chi connectivity index (χ4v) is 4.71. The van der Waals surface area contributed by atoms with Crippen LogP contribution in [0.25, 0.3) is 0 Å². The molecule has 1 amide bonds. The van der Waals surface area contributed by atoms with Gasteiger partial charge in [-0.15, -0.1) is 0 Å². The number of carbonyl (C=O) groups excluding carboxylic acids is 3. The standard InChI is InChI=1S/C28H51NO5/c1-3-5-7-9-10-11-12-13-14-15-18-23(19-17-21-26(29)30)27(31)33-22-25-24(28(32)34-25)20-16-8-6-4-2/h23-25H,3-22H2,1-2H3,(H2,29,30)/t23-,24-,25+/m0/s1. The normalized spacial score (nSPS) is 18.2. The molecule has 0 bridgehead atoms. The molecule has 1 rings (SSSR count). The van der Waals surface area contributed by atoms with Crippen LogP contribution in [0, 0.1) is 11.8 Å². The maximum Gasteiger partial charge on any atom is 0.313 e. The first-order valence-corrected chi connectivity index (χ1v) is 14.1. The second-order valence-electron chi connectivity index (χ2n) is 10.1. The molecule has 0 aromatic heterocycles. The molecule has 6 nitrogen and oxygen atoms in total. The van der Waals surface area contributed by atoms with Crippen molar-refractivity contribution in [2.75, 3.05) is 6.61 Å². The van der Waals surface area contributed by atoms with Crippen molar-refractivity contribution >= 4 is 17.8 Å². The Morgan fingerprint density at radius 2 is 1.35 bits per heavy atom. The van der Waals surface area contributed by atoms with E-state index < -0.39 is 0 Å². The Labute approximate surface area is 208 Å². The van der Waals surface area contributed by atoms with E-state index in [1.54, 1.807) is 0 Å². The summed E-state index contributed by atoms with van der Waals surface area (Å²) in [6, 6.07) is 0. The first kappa shape index (κ1) is 30.4. The highest BCUT2D eigenvalue weighted by molar-refractivity contribution is 5.79. The van der Waals surface area contributed by atoms with Crippen LogP contribution in [0.2, 0.25) is 0 Å². The van der Waals surface area contributed by atoms with Crippen LogP contribution in [0.15, 0.2) is 0 Å². The number of rotatable bonds is 23. The van der Waals surface area contributed by atoms with Gasteiger partial charge < -0.3 is 15.2 Å². The van der Waals surface area contributed by atoms with Crippen LogP contribution >= 0.6 is 0 Å². The largest absolute Gasteiger partial charge is 0.461 e. The highest BCUT2D eigenvalue weighted by atomic mass is 16.6. The third kappa shape index (κ3) is 14.0. The lowest BCUT2D eigenvalue weighted by molar-refractivity contribution is -0.195. The van der Waals surface area contributed by atoms with Gasteiger partial charge >= 0.3 is 11.9 Å². The molecule has 0 saturated carbocycles. The van der Waals surface area contributed by atoms with Crippen molar-refractivity contribution in [1.82, 2.24) is 0 Å². The van der Waals surface area contributed by atoms with Gasteiger partial charge in [0.15, 0.2) is 0 Å². The lowest BCUT2D eigenvalue weighted by Crippen LogP contribution is -2.48. The molecule has 3 atom stereocenters. The lowest BCUT2D eigenvalue weighted by atomic mass is 9.91. The Bertz CT molecular complexity index is 565. The Kier molecular flexibility index (Phi) is 17.6. The van der Waals surface area contributed by atoms with E-state index in [1.807, 2.05) is 0 Å². The van der Waals surface area contributed by atoms with E-state index in [0.717, 1.165) is 44.9 Å². The molecule has 6 heteroatoms. The van der Waals surface area contributed by atoms with Crippen LogP contribution in [0.3, 0.4) is 0 Å². The zero-order chi connectivity index (χ0) is 25.0. The number of nitrogens with two attached hydrogens (primary N) is 1. The van der Waals surface area contributed by atoms with E-state index in [1.165, 1.54) is 57.8 Å². The lowest BCUT2D eigenvalue weighted by Gasteiger charge is -2.35. The SMILES string of the molecule is CCCCCCCCCCCC[C@@H](CCCC(N)=O)C(=O)OC[C@H]1OC(=O)[C@H]1CCCCCC. The summed E-state index contributed by atoms with van der Waals surface area (Å²) in [6.45, 7) is 4.55.